The molecular weight excluding hydrogens is 381 g/mol. The van der Waals surface area contributed by atoms with Gasteiger partial charge in [0.15, 0.2) is 0 Å². The quantitative estimate of drug-likeness (QED) is 0.462. The van der Waals surface area contributed by atoms with Crippen LogP contribution in [-0.2, 0) is 17.9 Å². The summed E-state index contributed by atoms with van der Waals surface area (Å²) in [6.07, 6.45) is 0.571. The zero-order valence-electron chi connectivity index (χ0n) is 15.7. The fourth-order valence-corrected chi connectivity index (χ4v) is 3.01. The Morgan fingerprint density at radius 2 is 2.00 bits per heavy atom. The second-order valence-electron chi connectivity index (χ2n) is 6.58. The van der Waals surface area contributed by atoms with Crippen LogP contribution < -0.4 is 5.69 Å². The Bertz CT molecular complexity index is 1080. The zero-order valence-corrected chi connectivity index (χ0v) is 15.7. The summed E-state index contributed by atoms with van der Waals surface area (Å²) in [6.45, 7) is 1.59. The van der Waals surface area contributed by atoms with Gasteiger partial charge in [-0.15, -0.1) is 0 Å². The lowest BCUT2D eigenvalue weighted by Crippen LogP contribution is -2.30. The molecule has 29 heavy (non-hydrogen) atoms. The first-order chi connectivity index (χ1) is 13.9. The number of halogens is 1. The molecule has 8 nitrogen and oxygen atoms in total. The molecular formula is C20H20FN3O5. The molecule has 1 heterocycles. The van der Waals surface area contributed by atoms with Gasteiger partial charge in [-0.25, -0.2) is 9.18 Å². The highest BCUT2D eigenvalue weighted by Crippen LogP contribution is 2.17. The molecule has 1 N–H and O–H groups in total. The van der Waals surface area contributed by atoms with Crippen molar-refractivity contribution in [2.75, 3.05) is 6.61 Å². The van der Waals surface area contributed by atoms with Crippen LogP contribution in [0.4, 0.5) is 10.1 Å². The van der Waals surface area contributed by atoms with Crippen molar-refractivity contribution in [3.05, 3.63) is 92.4 Å². The Balaban J connectivity index is 1.68. The van der Waals surface area contributed by atoms with Crippen LogP contribution in [0.25, 0.3) is 5.69 Å². The van der Waals surface area contributed by atoms with E-state index in [4.69, 9.17) is 4.74 Å². The largest absolute Gasteiger partial charge is 0.389 e. The number of aliphatic hydroxyl groups is 1. The molecule has 0 fully saturated rings. The van der Waals surface area contributed by atoms with E-state index in [-0.39, 0.29) is 31.3 Å². The van der Waals surface area contributed by atoms with E-state index in [2.05, 4.69) is 0 Å². The average molecular weight is 401 g/mol. The Labute approximate surface area is 165 Å². The molecule has 0 saturated heterocycles. The van der Waals surface area contributed by atoms with Crippen LogP contribution in [0.15, 0.2) is 59.5 Å². The van der Waals surface area contributed by atoms with E-state index in [1.165, 1.54) is 33.4 Å². The Hall–Kier alpha value is -3.30. The highest BCUT2D eigenvalue weighted by Gasteiger charge is 2.15. The van der Waals surface area contributed by atoms with Gasteiger partial charge in [0.1, 0.15) is 5.82 Å². The molecule has 0 saturated carbocycles. The minimum absolute atomic E-state index is 0.00630. The van der Waals surface area contributed by atoms with Gasteiger partial charge in [-0.1, -0.05) is 24.3 Å². The molecule has 0 amide bonds. The highest BCUT2D eigenvalue weighted by atomic mass is 19.1. The van der Waals surface area contributed by atoms with Crippen LogP contribution in [0.3, 0.4) is 0 Å². The molecule has 0 radical (unpaired) electrons. The number of imidazole rings is 1. The van der Waals surface area contributed by atoms with Crippen molar-refractivity contribution in [2.45, 2.75) is 26.2 Å². The van der Waals surface area contributed by atoms with E-state index in [0.717, 1.165) is 0 Å². The third-order valence-electron chi connectivity index (χ3n) is 4.36. The molecule has 0 aliphatic rings. The fourth-order valence-electron chi connectivity index (χ4n) is 3.01. The van der Waals surface area contributed by atoms with Gasteiger partial charge in [-0.3, -0.25) is 19.2 Å². The highest BCUT2D eigenvalue weighted by molar-refractivity contribution is 5.44. The first-order valence-electron chi connectivity index (χ1n) is 8.89. The van der Waals surface area contributed by atoms with Gasteiger partial charge in [-0.05, 0) is 19.1 Å². The lowest BCUT2D eigenvalue weighted by molar-refractivity contribution is -0.384. The van der Waals surface area contributed by atoms with Gasteiger partial charge in [0.2, 0.25) is 0 Å². The van der Waals surface area contributed by atoms with Crippen LogP contribution in [-0.4, -0.2) is 31.9 Å². The van der Waals surface area contributed by atoms with Crippen molar-refractivity contribution in [1.82, 2.24) is 9.13 Å². The second-order valence-corrected chi connectivity index (χ2v) is 6.58. The van der Waals surface area contributed by atoms with Crippen molar-refractivity contribution in [1.29, 1.82) is 0 Å². The maximum atomic E-state index is 13.6. The number of hydrogen-bond acceptors (Lipinski definition) is 5. The average Bonchev–Trinajstić information content (AvgIpc) is 2.96. The number of hydrogen-bond donors (Lipinski definition) is 1. The van der Waals surface area contributed by atoms with E-state index in [0.29, 0.717) is 16.9 Å². The second kappa shape index (κ2) is 8.80. The molecule has 0 aliphatic heterocycles. The van der Waals surface area contributed by atoms with E-state index in [1.54, 1.807) is 37.4 Å². The first kappa shape index (κ1) is 20.4. The summed E-state index contributed by atoms with van der Waals surface area (Å²) < 4.78 is 21.6. The minimum Gasteiger partial charge on any atom is -0.389 e. The van der Waals surface area contributed by atoms with E-state index in [9.17, 15) is 24.4 Å². The number of aromatic nitrogens is 2. The van der Waals surface area contributed by atoms with E-state index < -0.39 is 16.7 Å². The molecule has 9 heteroatoms. The molecule has 3 aromatic rings. The van der Waals surface area contributed by atoms with Crippen molar-refractivity contribution in [3.63, 3.8) is 0 Å². The molecule has 0 spiro atoms. The van der Waals surface area contributed by atoms with Crippen LogP contribution in [0.1, 0.15) is 11.3 Å². The van der Waals surface area contributed by atoms with Gasteiger partial charge >= 0.3 is 5.69 Å². The maximum absolute atomic E-state index is 13.6. The number of ether oxygens (including phenoxy) is 1. The molecule has 1 atom stereocenters. The minimum atomic E-state index is -0.986. The topological polar surface area (TPSA) is 99.5 Å². The van der Waals surface area contributed by atoms with Crippen LogP contribution in [0.5, 0.6) is 0 Å². The number of nitrogens with zero attached hydrogens (tertiary/aromatic N) is 3. The monoisotopic (exact) mass is 401 g/mol. The van der Waals surface area contributed by atoms with Gasteiger partial charge in [0, 0.05) is 29.6 Å². The van der Waals surface area contributed by atoms with Gasteiger partial charge in [0.05, 0.1) is 36.5 Å². The lowest BCUT2D eigenvalue weighted by atomic mass is 10.2. The Kier molecular flexibility index (Phi) is 6.20. The van der Waals surface area contributed by atoms with Gasteiger partial charge in [0.25, 0.3) is 5.69 Å². The zero-order chi connectivity index (χ0) is 21.0. The van der Waals surface area contributed by atoms with Crippen molar-refractivity contribution >= 4 is 5.69 Å². The first-order valence-corrected chi connectivity index (χ1v) is 8.89. The van der Waals surface area contributed by atoms with Crippen LogP contribution >= 0.6 is 0 Å². The van der Waals surface area contributed by atoms with Crippen molar-refractivity contribution in [3.8, 4) is 5.69 Å². The molecule has 3 rings (SSSR count). The molecule has 152 valence electrons. The smallest absolute Gasteiger partial charge is 0.333 e. The van der Waals surface area contributed by atoms with Crippen molar-refractivity contribution in [2.24, 2.45) is 0 Å². The summed E-state index contributed by atoms with van der Waals surface area (Å²) in [6, 6.07) is 11.9. The van der Waals surface area contributed by atoms with Crippen molar-refractivity contribution < 1.29 is 19.2 Å². The van der Waals surface area contributed by atoms with Crippen LogP contribution in [0.2, 0.25) is 0 Å². The molecule has 2 aromatic carbocycles. The maximum Gasteiger partial charge on any atom is 0.333 e. The molecule has 1 aromatic heterocycles. The fraction of sp³-hybridized carbons (Fsp3) is 0.250. The molecule has 0 aliphatic carbocycles. The number of nitro groups is 1. The summed E-state index contributed by atoms with van der Waals surface area (Å²) in [5.74, 6) is -0.386. The predicted molar refractivity (Wildman–Crippen MR) is 103 cm³/mol. The number of aryl methyl sites for hydroxylation is 1. The van der Waals surface area contributed by atoms with E-state index in [1.807, 2.05) is 0 Å². The summed E-state index contributed by atoms with van der Waals surface area (Å²) in [4.78, 5) is 23.1. The normalized spacial score (nSPS) is 12.1. The number of non-ortho nitro benzene ring substituents is 1. The van der Waals surface area contributed by atoms with Crippen LogP contribution in [0, 0.1) is 22.9 Å². The number of rotatable bonds is 8. The third-order valence-corrected chi connectivity index (χ3v) is 4.36. The standard InChI is InChI=1S/C20H20FN3O5/c1-14-10-22(11-18(25)13-29-12-15-5-2-3-8-19(15)21)20(26)23(14)16-6-4-7-17(9-16)24(27)28/h2-10,18,25H,11-13H2,1H3. The summed E-state index contributed by atoms with van der Waals surface area (Å²) >= 11 is 0. The number of nitro benzene ring substituents is 1. The summed E-state index contributed by atoms with van der Waals surface area (Å²) in [5, 5.41) is 21.2. The Morgan fingerprint density at radius 1 is 1.24 bits per heavy atom. The predicted octanol–water partition coefficient (Wildman–Crippen LogP) is 2.57. The molecule has 1 unspecified atom stereocenters. The summed E-state index contributed by atoms with van der Waals surface area (Å²) in [7, 11) is 0. The van der Waals surface area contributed by atoms with Gasteiger partial charge in [-0.2, -0.15) is 0 Å². The lowest BCUT2D eigenvalue weighted by Gasteiger charge is -2.12. The number of aliphatic hydroxyl groups excluding tert-OH is 1. The Morgan fingerprint density at radius 3 is 2.72 bits per heavy atom. The van der Waals surface area contributed by atoms with Gasteiger partial charge < -0.3 is 9.84 Å². The third kappa shape index (κ3) is 4.76. The summed E-state index contributed by atoms with van der Waals surface area (Å²) in [5.41, 5.74) is 0.754. The van der Waals surface area contributed by atoms with E-state index >= 15 is 0 Å². The number of benzene rings is 2. The molecule has 0 bridgehead atoms. The SMILES string of the molecule is Cc1cn(CC(O)COCc2ccccc2F)c(=O)n1-c1cccc([N+](=O)[O-])c1.